The van der Waals surface area contributed by atoms with E-state index in [4.69, 9.17) is 9.47 Å². The summed E-state index contributed by atoms with van der Waals surface area (Å²) in [5.41, 5.74) is 0.471. The molecule has 3 aromatic rings. The third-order valence-corrected chi connectivity index (χ3v) is 3.74. The zero-order chi connectivity index (χ0) is 18.5. The molecule has 132 valence electrons. The second kappa shape index (κ2) is 7.52. The highest BCUT2D eigenvalue weighted by Gasteiger charge is 2.19. The van der Waals surface area contributed by atoms with Crippen molar-refractivity contribution >= 4 is 11.8 Å². The Balaban J connectivity index is 1.78. The van der Waals surface area contributed by atoms with Gasteiger partial charge < -0.3 is 19.4 Å². The van der Waals surface area contributed by atoms with Gasteiger partial charge in [0.05, 0.1) is 18.4 Å². The number of ketones is 1. The van der Waals surface area contributed by atoms with Gasteiger partial charge in [-0.3, -0.25) is 4.79 Å². The van der Waals surface area contributed by atoms with E-state index in [9.17, 15) is 14.4 Å². The van der Waals surface area contributed by atoms with Crippen LogP contribution in [0.15, 0.2) is 59.4 Å². The Hall–Kier alpha value is -3.61. The number of carbonyl (C=O) groups excluding carboxylic acids is 2. The fourth-order valence-electron chi connectivity index (χ4n) is 2.40. The molecule has 3 rings (SSSR count). The summed E-state index contributed by atoms with van der Waals surface area (Å²) in [6, 6.07) is 14.9. The van der Waals surface area contributed by atoms with Gasteiger partial charge in [0.25, 0.3) is 0 Å². The second-order valence-electron chi connectivity index (χ2n) is 5.43. The standard InChI is InChI=1S/C19H16N2O5/c1-25-14-9-7-12(8-10-14)17(22)16-15(20-19(24)21-16)11-26-18(23)13-5-3-2-4-6-13/h2-10H,11H2,1H3,(H2,20,21,24). The molecule has 1 heterocycles. The molecule has 0 saturated carbocycles. The molecular formula is C19H16N2O5. The van der Waals surface area contributed by atoms with E-state index in [1.54, 1.807) is 54.6 Å². The first-order valence-electron chi connectivity index (χ1n) is 7.80. The molecule has 0 spiro atoms. The Morgan fingerprint density at radius 1 is 0.923 bits per heavy atom. The van der Waals surface area contributed by atoms with Crippen LogP contribution in [0.4, 0.5) is 0 Å². The van der Waals surface area contributed by atoms with E-state index < -0.39 is 17.4 Å². The number of aromatic nitrogens is 2. The van der Waals surface area contributed by atoms with E-state index in [0.717, 1.165) is 0 Å². The van der Waals surface area contributed by atoms with E-state index in [2.05, 4.69) is 9.97 Å². The molecule has 0 atom stereocenters. The van der Waals surface area contributed by atoms with Gasteiger partial charge in [-0.1, -0.05) is 18.2 Å². The lowest BCUT2D eigenvalue weighted by molar-refractivity contribution is 0.0466. The summed E-state index contributed by atoms with van der Waals surface area (Å²) in [7, 11) is 1.53. The van der Waals surface area contributed by atoms with Gasteiger partial charge in [0, 0.05) is 5.56 Å². The minimum absolute atomic E-state index is 0.0565. The van der Waals surface area contributed by atoms with Gasteiger partial charge >= 0.3 is 11.7 Å². The largest absolute Gasteiger partial charge is 0.497 e. The zero-order valence-corrected chi connectivity index (χ0v) is 13.9. The molecule has 0 aliphatic rings. The van der Waals surface area contributed by atoms with Gasteiger partial charge in [0.15, 0.2) is 0 Å². The van der Waals surface area contributed by atoms with Crippen molar-refractivity contribution in [1.82, 2.24) is 9.97 Å². The molecule has 0 bridgehead atoms. The SMILES string of the molecule is COc1ccc(C(=O)c2[nH]c(=O)[nH]c2COC(=O)c2ccccc2)cc1. The van der Waals surface area contributed by atoms with E-state index >= 15 is 0 Å². The molecule has 26 heavy (non-hydrogen) atoms. The maximum atomic E-state index is 12.6. The smallest absolute Gasteiger partial charge is 0.338 e. The molecule has 0 unspecified atom stereocenters. The molecule has 7 nitrogen and oxygen atoms in total. The monoisotopic (exact) mass is 352 g/mol. The van der Waals surface area contributed by atoms with Crippen LogP contribution in [0.5, 0.6) is 5.75 Å². The van der Waals surface area contributed by atoms with E-state index in [1.807, 2.05) is 0 Å². The van der Waals surface area contributed by atoms with Crippen molar-refractivity contribution in [2.75, 3.05) is 7.11 Å². The Labute approximate surface area is 148 Å². The van der Waals surface area contributed by atoms with Gasteiger partial charge in [-0.25, -0.2) is 9.59 Å². The van der Waals surface area contributed by atoms with Gasteiger partial charge in [-0.15, -0.1) is 0 Å². The summed E-state index contributed by atoms with van der Waals surface area (Å²) in [4.78, 5) is 41.2. The van der Waals surface area contributed by atoms with E-state index in [1.165, 1.54) is 7.11 Å². The van der Waals surface area contributed by atoms with Crippen molar-refractivity contribution in [2.45, 2.75) is 6.61 Å². The summed E-state index contributed by atoms with van der Waals surface area (Å²) in [6.45, 7) is -0.232. The Bertz CT molecular complexity index is 971. The van der Waals surface area contributed by atoms with Crippen molar-refractivity contribution in [3.05, 3.63) is 87.6 Å². The van der Waals surface area contributed by atoms with Crippen molar-refractivity contribution in [1.29, 1.82) is 0 Å². The summed E-state index contributed by atoms with van der Waals surface area (Å²) < 4.78 is 10.2. The lowest BCUT2D eigenvalue weighted by Crippen LogP contribution is -2.10. The number of methoxy groups -OCH3 is 1. The predicted octanol–water partition coefficient (Wildman–Crippen LogP) is 2.30. The first kappa shape index (κ1) is 17.2. The Kier molecular flexibility index (Phi) is 4.98. The highest BCUT2D eigenvalue weighted by atomic mass is 16.5. The highest BCUT2D eigenvalue weighted by molar-refractivity contribution is 6.08. The van der Waals surface area contributed by atoms with Crippen LogP contribution in [0.25, 0.3) is 0 Å². The maximum absolute atomic E-state index is 12.6. The van der Waals surface area contributed by atoms with Crippen molar-refractivity contribution in [3.63, 3.8) is 0 Å². The first-order valence-corrected chi connectivity index (χ1v) is 7.80. The minimum Gasteiger partial charge on any atom is -0.497 e. The molecule has 1 aromatic heterocycles. The quantitative estimate of drug-likeness (QED) is 0.524. The summed E-state index contributed by atoms with van der Waals surface area (Å²) in [5.74, 6) is -0.326. The van der Waals surface area contributed by atoms with Crippen molar-refractivity contribution in [3.8, 4) is 5.75 Å². The number of nitrogens with one attached hydrogen (secondary N) is 2. The van der Waals surface area contributed by atoms with Crippen molar-refractivity contribution < 1.29 is 19.1 Å². The molecule has 0 amide bonds. The maximum Gasteiger partial charge on any atom is 0.338 e. The average molecular weight is 352 g/mol. The van der Waals surface area contributed by atoms with Crippen LogP contribution in [0.2, 0.25) is 0 Å². The van der Waals surface area contributed by atoms with E-state index in [0.29, 0.717) is 16.9 Å². The third kappa shape index (κ3) is 3.72. The van der Waals surface area contributed by atoms with Gasteiger partial charge in [0.1, 0.15) is 18.1 Å². The molecule has 0 aliphatic heterocycles. The van der Waals surface area contributed by atoms with Gasteiger partial charge in [-0.2, -0.15) is 0 Å². The molecule has 0 saturated heterocycles. The fraction of sp³-hybridized carbons (Fsp3) is 0.105. The number of carbonyl (C=O) groups is 2. The summed E-state index contributed by atoms with van der Waals surface area (Å²) in [5, 5.41) is 0. The van der Waals surface area contributed by atoms with Crippen LogP contribution >= 0.6 is 0 Å². The Morgan fingerprint density at radius 2 is 1.62 bits per heavy atom. The third-order valence-electron chi connectivity index (χ3n) is 3.74. The fourth-order valence-corrected chi connectivity index (χ4v) is 2.40. The van der Waals surface area contributed by atoms with Gasteiger partial charge in [-0.05, 0) is 36.4 Å². The number of hydrogen-bond acceptors (Lipinski definition) is 5. The van der Waals surface area contributed by atoms with Crippen LogP contribution < -0.4 is 10.4 Å². The van der Waals surface area contributed by atoms with E-state index in [-0.39, 0.29) is 18.0 Å². The lowest BCUT2D eigenvalue weighted by Gasteiger charge is -2.06. The summed E-state index contributed by atoms with van der Waals surface area (Å²) >= 11 is 0. The van der Waals surface area contributed by atoms with Crippen molar-refractivity contribution in [2.24, 2.45) is 0 Å². The van der Waals surface area contributed by atoms with Crippen LogP contribution in [-0.2, 0) is 11.3 Å². The second-order valence-corrected chi connectivity index (χ2v) is 5.43. The number of benzene rings is 2. The molecular weight excluding hydrogens is 336 g/mol. The van der Waals surface area contributed by atoms with Crippen LogP contribution in [-0.4, -0.2) is 28.8 Å². The van der Waals surface area contributed by atoms with Gasteiger partial charge in [0.2, 0.25) is 5.78 Å². The highest BCUT2D eigenvalue weighted by Crippen LogP contribution is 2.16. The number of imidazole rings is 1. The first-order chi connectivity index (χ1) is 12.6. The zero-order valence-electron chi connectivity index (χ0n) is 13.9. The number of esters is 1. The average Bonchev–Trinajstić information content (AvgIpc) is 3.07. The molecule has 7 heteroatoms. The molecule has 2 aromatic carbocycles. The molecule has 0 fully saturated rings. The Morgan fingerprint density at radius 3 is 2.27 bits per heavy atom. The normalized spacial score (nSPS) is 10.3. The number of aromatic amines is 2. The number of H-pyrrole nitrogens is 2. The minimum atomic E-state index is -0.548. The van der Waals surface area contributed by atoms with Crippen LogP contribution in [0.1, 0.15) is 32.1 Å². The number of ether oxygens (including phenoxy) is 2. The summed E-state index contributed by atoms with van der Waals surface area (Å²) in [6.07, 6.45) is 0. The molecule has 0 radical (unpaired) electrons. The van der Waals surface area contributed by atoms with Crippen LogP contribution in [0.3, 0.4) is 0 Å². The number of rotatable bonds is 6. The molecule has 2 N–H and O–H groups in total. The topological polar surface area (TPSA) is 101 Å². The predicted molar refractivity (Wildman–Crippen MR) is 93.4 cm³/mol. The molecule has 0 aliphatic carbocycles. The van der Waals surface area contributed by atoms with Crippen LogP contribution in [0, 0.1) is 0 Å². The lowest BCUT2D eigenvalue weighted by atomic mass is 10.1. The number of hydrogen-bond donors (Lipinski definition) is 2.